The van der Waals surface area contributed by atoms with Gasteiger partial charge in [-0.3, -0.25) is 9.78 Å². The van der Waals surface area contributed by atoms with Crippen LogP contribution in [0.2, 0.25) is 0 Å². The molecule has 0 aliphatic carbocycles. The highest BCUT2D eigenvalue weighted by Gasteiger charge is 2.30. The maximum absolute atomic E-state index is 13.5. The van der Waals surface area contributed by atoms with Crippen molar-refractivity contribution in [2.45, 2.75) is 25.3 Å². The third-order valence-corrected chi connectivity index (χ3v) is 3.37. The number of pyridine rings is 1. The SMILES string of the molecule is NC(=S)C1CCCCN1C(=O)c1ccncc1F. The van der Waals surface area contributed by atoms with Crippen molar-refractivity contribution < 1.29 is 9.18 Å². The van der Waals surface area contributed by atoms with E-state index in [4.69, 9.17) is 18.0 Å². The van der Waals surface area contributed by atoms with Crippen LogP contribution in [0, 0.1) is 5.82 Å². The van der Waals surface area contributed by atoms with E-state index in [1.54, 1.807) is 4.90 Å². The molecule has 1 saturated heterocycles. The molecule has 2 N–H and O–H groups in total. The van der Waals surface area contributed by atoms with Crippen LogP contribution in [0.4, 0.5) is 4.39 Å². The van der Waals surface area contributed by atoms with Crippen molar-refractivity contribution in [1.29, 1.82) is 0 Å². The van der Waals surface area contributed by atoms with Crippen LogP contribution >= 0.6 is 12.2 Å². The van der Waals surface area contributed by atoms with E-state index in [0.717, 1.165) is 25.5 Å². The predicted molar refractivity (Wildman–Crippen MR) is 69.7 cm³/mol. The molecule has 0 radical (unpaired) electrons. The molecule has 2 heterocycles. The first-order chi connectivity index (χ1) is 8.61. The molecule has 1 aliphatic heterocycles. The summed E-state index contributed by atoms with van der Waals surface area (Å²) in [5.74, 6) is -0.984. The van der Waals surface area contributed by atoms with Crippen molar-refractivity contribution in [3.63, 3.8) is 0 Å². The number of likely N-dealkylation sites (tertiary alicyclic amines) is 1. The largest absolute Gasteiger partial charge is 0.392 e. The fourth-order valence-electron chi connectivity index (χ4n) is 2.17. The van der Waals surface area contributed by atoms with Crippen LogP contribution in [0.5, 0.6) is 0 Å². The molecular formula is C12H14FN3OS. The minimum absolute atomic E-state index is 0.0214. The van der Waals surface area contributed by atoms with Crippen LogP contribution in [-0.2, 0) is 0 Å². The van der Waals surface area contributed by atoms with E-state index in [9.17, 15) is 9.18 Å². The van der Waals surface area contributed by atoms with Gasteiger partial charge in [0.15, 0.2) is 5.82 Å². The maximum atomic E-state index is 13.5. The molecule has 6 heteroatoms. The summed E-state index contributed by atoms with van der Waals surface area (Å²) in [6.07, 6.45) is 5.04. The zero-order chi connectivity index (χ0) is 13.1. The Hall–Kier alpha value is -1.56. The maximum Gasteiger partial charge on any atom is 0.257 e. The lowest BCUT2D eigenvalue weighted by Crippen LogP contribution is -2.50. The predicted octanol–water partition coefficient (Wildman–Crippen LogP) is 1.50. The number of carbonyl (C=O) groups excluding carboxylic acids is 1. The molecule has 1 amide bonds. The summed E-state index contributed by atoms with van der Waals surface area (Å²) in [6, 6.07) is 1.11. The molecule has 18 heavy (non-hydrogen) atoms. The summed E-state index contributed by atoms with van der Waals surface area (Å²) in [7, 11) is 0. The number of nitrogens with two attached hydrogens (primary N) is 1. The van der Waals surface area contributed by atoms with E-state index >= 15 is 0 Å². The molecule has 1 fully saturated rings. The van der Waals surface area contributed by atoms with Gasteiger partial charge in [-0.15, -0.1) is 0 Å². The van der Waals surface area contributed by atoms with E-state index < -0.39 is 5.82 Å². The first-order valence-electron chi connectivity index (χ1n) is 5.81. The lowest BCUT2D eigenvalue weighted by Gasteiger charge is -2.35. The van der Waals surface area contributed by atoms with Crippen molar-refractivity contribution in [3.05, 3.63) is 29.8 Å². The van der Waals surface area contributed by atoms with E-state index in [0.29, 0.717) is 6.54 Å². The van der Waals surface area contributed by atoms with E-state index in [1.807, 2.05) is 0 Å². The Morgan fingerprint density at radius 1 is 1.56 bits per heavy atom. The van der Waals surface area contributed by atoms with Crippen LogP contribution in [0.15, 0.2) is 18.5 Å². The number of rotatable bonds is 2. The topological polar surface area (TPSA) is 59.2 Å². The van der Waals surface area contributed by atoms with Crippen molar-refractivity contribution in [1.82, 2.24) is 9.88 Å². The Morgan fingerprint density at radius 2 is 2.33 bits per heavy atom. The molecule has 0 bridgehead atoms. The molecule has 1 atom stereocenters. The van der Waals surface area contributed by atoms with Gasteiger partial charge in [-0.05, 0) is 25.3 Å². The number of carbonyl (C=O) groups is 1. The number of halogens is 1. The van der Waals surface area contributed by atoms with Gasteiger partial charge in [0.2, 0.25) is 0 Å². The molecule has 0 aromatic carbocycles. The fraction of sp³-hybridized carbons (Fsp3) is 0.417. The Kier molecular flexibility index (Phi) is 3.86. The minimum Gasteiger partial charge on any atom is -0.392 e. The second-order valence-electron chi connectivity index (χ2n) is 4.27. The van der Waals surface area contributed by atoms with Crippen LogP contribution in [0.3, 0.4) is 0 Å². The summed E-state index contributed by atoms with van der Waals surface area (Å²) in [5, 5.41) is 0. The third kappa shape index (κ3) is 2.48. The Balaban J connectivity index is 2.27. The fourth-order valence-corrected chi connectivity index (χ4v) is 2.42. The van der Waals surface area contributed by atoms with Gasteiger partial charge in [0.25, 0.3) is 5.91 Å². The molecule has 1 unspecified atom stereocenters. The number of thiocarbonyl (C=S) groups is 1. The number of nitrogens with zero attached hydrogens (tertiary/aromatic N) is 2. The van der Waals surface area contributed by atoms with Crippen molar-refractivity contribution in [2.75, 3.05) is 6.54 Å². The minimum atomic E-state index is -0.616. The molecule has 2 rings (SSSR count). The smallest absolute Gasteiger partial charge is 0.257 e. The molecular weight excluding hydrogens is 253 g/mol. The molecule has 96 valence electrons. The standard InChI is InChI=1S/C12H14FN3OS/c13-9-7-15-5-4-8(9)12(17)16-6-2-1-3-10(16)11(14)18/h4-5,7,10H,1-3,6H2,(H2,14,18). The summed E-state index contributed by atoms with van der Waals surface area (Å²) in [4.78, 5) is 17.8. The van der Waals surface area contributed by atoms with Crippen LogP contribution < -0.4 is 5.73 Å². The zero-order valence-electron chi connectivity index (χ0n) is 9.80. The van der Waals surface area contributed by atoms with Crippen LogP contribution in [0.25, 0.3) is 0 Å². The number of amides is 1. The summed E-state index contributed by atoms with van der Waals surface area (Å²) in [6.45, 7) is 0.558. The lowest BCUT2D eigenvalue weighted by atomic mass is 10.0. The van der Waals surface area contributed by atoms with Gasteiger partial charge in [-0.2, -0.15) is 0 Å². The molecule has 1 aromatic heterocycles. The summed E-state index contributed by atoms with van der Waals surface area (Å²) >= 11 is 4.97. The Bertz CT molecular complexity index is 480. The van der Waals surface area contributed by atoms with Gasteiger partial charge in [-0.1, -0.05) is 12.2 Å². The molecule has 0 saturated carbocycles. The second kappa shape index (κ2) is 5.39. The second-order valence-corrected chi connectivity index (χ2v) is 4.74. The van der Waals surface area contributed by atoms with E-state index in [-0.39, 0.29) is 22.5 Å². The average Bonchev–Trinajstić information content (AvgIpc) is 2.38. The third-order valence-electron chi connectivity index (χ3n) is 3.09. The first-order valence-corrected chi connectivity index (χ1v) is 6.22. The van der Waals surface area contributed by atoms with E-state index in [2.05, 4.69) is 4.98 Å². The highest BCUT2D eigenvalue weighted by Crippen LogP contribution is 2.20. The number of hydrogen-bond acceptors (Lipinski definition) is 3. The molecule has 1 aliphatic rings. The zero-order valence-corrected chi connectivity index (χ0v) is 10.6. The van der Waals surface area contributed by atoms with E-state index in [1.165, 1.54) is 12.3 Å². The normalized spacial score (nSPS) is 19.6. The average molecular weight is 267 g/mol. The highest BCUT2D eigenvalue weighted by atomic mass is 32.1. The van der Waals surface area contributed by atoms with Gasteiger partial charge in [0.1, 0.15) is 0 Å². The molecule has 0 spiro atoms. The van der Waals surface area contributed by atoms with Crippen molar-refractivity contribution in [3.8, 4) is 0 Å². The first kappa shape index (κ1) is 12.9. The monoisotopic (exact) mass is 267 g/mol. The molecule has 4 nitrogen and oxygen atoms in total. The molecule has 1 aromatic rings. The van der Waals surface area contributed by atoms with Gasteiger partial charge in [0, 0.05) is 12.7 Å². The van der Waals surface area contributed by atoms with Crippen LogP contribution in [0.1, 0.15) is 29.6 Å². The quantitative estimate of drug-likeness (QED) is 0.825. The highest BCUT2D eigenvalue weighted by molar-refractivity contribution is 7.80. The number of aromatic nitrogens is 1. The Morgan fingerprint density at radius 3 is 3.00 bits per heavy atom. The number of hydrogen-bond donors (Lipinski definition) is 1. The summed E-state index contributed by atoms with van der Waals surface area (Å²) in [5.41, 5.74) is 5.66. The van der Waals surface area contributed by atoms with Gasteiger partial charge < -0.3 is 10.6 Å². The number of piperidine rings is 1. The van der Waals surface area contributed by atoms with Crippen LogP contribution in [-0.4, -0.2) is 33.4 Å². The van der Waals surface area contributed by atoms with Gasteiger partial charge in [0.05, 0.1) is 22.8 Å². The lowest BCUT2D eigenvalue weighted by molar-refractivity contribution is 0.0676. The van der Waals surface area contributed by atoms with Gasteiger partial charge in [-0.25, -0.2) is 4.39 Å². The van der Waals surface area contributed by atoms with Crippen molar-refractivity contribution >= 4 is 23.1 Å². The summed E-state index contributed by atoms with van der Waals surface area (Å²) < 4.78 is 13.5. The van der Waals surface area contributed by atoms with Gasteiger partial charge >= 0.3 is 0 Å². The van der Waals surface area contributed by atoms with Crippen molar-refractivity contribution in [2.24, 2.45) is 5.73 Å². The Labute approximate surface area is 110 Å².